The monoisotopic (exact) mass is 492 g/mol. The summed E-state index contributed by atoms with van der Waals surface area (Å²) in [6.07, 6.45) is 3.28. The van der Waals surface area contributed by atoms with Crippen LogP contribution < -0.4 is 4.90 Å². The largest absolute Gasteiger partial charge is 0.508 e. The highest BCUT2D eigenvalue weighted by Crippen LogP contribution is 2.27. The van der Waals surface area contributed by atoms with E-state index >= 15 is 0 Å². The van der Waals surface area contributed by atoms with Crippen molar-refractivity contribution in [3.8, 4) is 17.6 Å². The first kappa shape index (κ1) is 24.9. The highest BCUT2D eigenvalue weighted by Gasteiger charge is 2.22. The quantitative estimate of drug-likeness (QED) is 0.393. The van der Waals surface area contributed by atoms with Crippen molar-refractivity contribution in [1.82, 2.24) is 9.88 Å². The third-order valence-corrected chi connectivity index (χ3v) is 5.80. The van der Waals surface area contributed by atoms with E-state index in [-0.39, 0.29) is 29.5 Å². The number of nitriles is 1. The first-order valence-electron chi connectivity index (χ1n) is 11.4. The second-order valence-corrected chi connectivity index (χ2v) is 8.47. The molecule has 0 aliphatic heterocycles. The van der Waals surface area contributed by atoms with Crippen molar-refractivity contribution in [2.45, 2.75) is 13.1 Å². The maximum absolute atomic E-state index is 13.4. The number of carbonyl (C=O) groups excluding carboxylic acids is 2. The Morgan fingerprint density at radius 3 is 2.24 bits per heavy atom. The van der Waals surface area contributed by atoms with Crippen LogP contribution in [0, 0.1) is 11.3 Å². The van der Waals surface area contributed by atoms with Gasteiger partial charge in [0.05, 0.1) is 23.7 Å². The summed E-state index contributed by atoms with van der Waals surface area (Å²) in [6, 6.07) is 23.2. The molecule has 2 N–H and O–H groups in total. The molecule has 37 heavy (non-hydrogen) atoms. The topological polar surface area (TPSA) is 118 Å². The molecule has 0 aliphatic carbocycles. The molecule has 1 aromatic heterocycles. The van der Waals surface area contributed by atoms with Gasteiger partial charge in [0.15, 0.2) is 0 Å². The number of aromatic nitrogens is 1. The highest BCUT2D eigenvalue weighted by atomic mass is 16.3. The molecule has 4 aromatic rings. The fourth-order valence-corrected chi connectivity index (χ4v) is 3.84. The van der Waals surface area contributed by atoms with Gasteiger partial charge in [0.2, 0.25) is 0 Å². The highest BCUT2D eigenvalue weighted by molar-refractivity contribution is 6.08. The first-order chi connectivity index (χ1) is 17.9. The van der Waals surface area contributed by atoms with E-state index in [2.05, 4.69) is 11.1 Å². The van der Waals surface area contributed by atoms with E-state index in [4.69, 9.17) is 5.26 Å². The molecule has 0 radical (unpaired) electrons. The van der Waals surface area contributed by atoms with E-state index in [1.54, 1.807) is 66.8 Å². The lowest BCUT2D eigenvalue weighted by atomic mass is 10.1. The van der Waals surface area contributed by atoms with Crippen molar-refractivity contribution in [3.05, 3.63) is 119 Å². The number of hydrogen-bond donors (Lipinski definition) is 2. The first-order valence-corrected chi connectivity index (χ1v) is 11.4. The van der Waals surface area contributed by atoms with Gasteiger partial charge in [-0.2, -0.15) is 5.26 Å². The van der Waals surface area contributed by atoms with Gasteiger partial charge in [-0.3, -0.25) is 14.6 Å². The molecule has 2 amide bonds. The van der Waals surface area contributed by atoms with Gasteiger partial charge in [0.1, 0.15) is 11.5 Å². The molecule has 184 valence electrons. The number of anilines is 1. The number of pyridine rings is 1. The molecule has 0 aliphatic rings. The number of phenolic OH excluding ortho intramolecular Hbond substituents is 2. The molecule has 1 heterocycles. The normalized spacial score (nSPS) is 10.4. The molecule has 0 saturated carbocycles. The second kappa shape index (κ2) is 11.1. The average molecular weight is 493 g/mol. The standard InChI is InChI=1S/C29H24N4O4/c1-32(18-21-6-4-20(16-30)5-7-21)28(36)23-8-10-24(11-9-23)33(19-22-3-2-14-31-17-22)29(37)26-13-12-25(34)15-27(26)35/h2-15,17,34-35H,18-19H2,1H3. The van der Waals surface area contributed by atoms with Crippen LogP contribution in [0.3, 0.4) is 0 Å². The van der Waals surface area contributed by atoms with Crippen molar-refractivity contribution in [3.63, 3.8) is 0 Å². The maximum atomic E-state index is 13.4. The Morgan fingerprint density at radius 2 is 1.62 bits per heavy atom. The SMILES string of the molecule is CN(Cc1ccc(C#N)cc1)C(=O)c1ccc(N(Cc2cccnc2)C(=O)c2ccc(O)cc2O)cc1. The third kappa shape index (κ3) is 5.92. The number of aromatic hydroxyl groups is 2. The molecule has 8 nitrogen and oxygen atoms in total. The molecule has 0 unspecified atom stereocenters. The number of amides is 2. The number of carbonyl (C=O) groups is 2. The molecule has 4 rings (SSSR count). The molecular formula is C29H24N4O4. The van der Waals surface area contributed by atoms with Crippen LogP contribution >= 0.6 is 0 Å². The van der Waals surface area contributed by atoms with Gasteiger partial charge in [-0.15, -0.1) is 0 Å². The molecule has 3 aromatic carbocycles. The zero-order valence-corrected chi connectivity index (χ0v) is 20.1. The Labute approximate surface area is 214 Å². The summed E-state index contributed by atoms with van der Waals surface area (Å²) in [5.74, 6) is -1.16. The Balaban J connectivity index is 1.57. The Morgan fingerprint density at radius 1 is 0.892 bits per heavy atom. The van der Waals surface area contributed by atoms with E-state index in [1.807, 2.05) is 18.2 Å². The summed E-state index contributed by atoms with van der Waals surface area (Å²) in [6.45, 7) is 0.552. The van der Waals surface area contributed by atoms with Crippen molar-refractivity contribution in [1.29, 1.82) is 5.26 Å². The van der Waals surface area contributed by atoms with Crippen LogP contribution in [0.4, 0.5) is 5.69 Å². The van der Waals surface area contributed by atoms with Gasteiger partial charge in [-0.25, -0.2) is 0 Å². The van der Waals surface area contributed by atoms with E-state index < -0.39 is 5.91 Å². The number of benzene rings is 3. The van der Waals surface area contributed by atoms with Gasteiger partial charge < -0.3 is 20.0 Å². The fourth-order valence-electron chi connectivity index (χ4n) is 3.84. The van der Waals surface area contributed by atoms with Crippen LogP contribution in [-0.4, -0.2) is 39.0 Å². The molecule has 0 bridgehead atoms. The predicted molar refractivity (Wildman–Crippen MR) is 138 cm³/mol. The number of phenols is 2. The zero-order valence-electron chi connectivity index (χ0n) is 20.1. The minimum Gasteiger partial charge on any atom is -0.508 e. The summed E-state index contributed by atoms with van der Waals surface area (Å²) in [7, 11) is 1.69. The van der Waals surface area contributed by atoms with Gasteiger partial charge in [0, 0.05) is 43.3 Å². The van der Waals surface area contributed by atoms with E-state index in [0.29, 0.717) is 23.4 Å². The second-order valence-electron chi connectivity index (χ2n) is 8.47. The molecule has 0 spiro atoms. The maximum Gasteiger partial charge on any atom is 0.262 e. The zero-order chi connectivity index (χ0) is 26.4. The Kier molecular flexibility index (Phi) is 7.45. The molecule has 8 heteroatoms. The van der Waals surface area contributed by atoms with Crippen LogP contribution in [0.2, 0.25) is 0 Å². The van der Waals surface area contributed by atoms with Gasteiger partial charge >= 0.3 is 0 Å². The summed E-state index contributed by atoms with van der Waals surface area (Å²) < 4.78 is 0. The van der Waals surface area contributed by atoms with E-state index in [1.165, 1.54) is 17.0 Å². The Bertz CT molecular complexity index is 1450. The van der Waals surface area contributed by atoms with Gasteiger partial charge in [-0.05, 0) is 65.7 Å². The van der Waals surface area contributed by atoms with Crippen LogP contribution in [0.1, 0.15) is 37.4 Å². The molecule has 0 saturated heterocycles. The van der Waals surface area contributed by atoms with Gasteiger partial charge in [0.25, 0.3) is 11.8 Å². The average Bonchev–Trinajstić information content (AvgIpc) is 2.92. The van der Waals surface area contributed by atoms with Crippen molar-refractivity contribution in [2.24, 2.45) is 0 Å². The minimum atomic E-state index is -0.474. The number of hydrogen-bond acceptors (Lipinski definition) is 6. The molecule has 0 atom stereocenters. The van der Waals surface area contributed by atoms with Gasteiger partial charge in [-0.1, -0.05) is 18.2 Å². The summed E-state index contributed by atoms with van der Waals surface area (Å²) in [5.41, 5.74) is 3.22. The lowest BCUT2D eigenvalue weighted by Crippen LogP contribution is -2.31. The van der Waals surface area contributed by atoms with Crippen molar-refractivity contribution in [2.75, 3.05) is 11.9 Å². The van der Waals surface area contributed by atoms with Crippen molar-refractivity contribution >= 4 is 17.5 Å². The molecule has 0 fully saturated rings. The summed E-state index contributed by atoms with van der Waals surface area (Å²) >= 11 is 0. The van der Waals surface area contributed by atoms with Crippen LogP contribution in [0.5, 0.6) is 11.5 Å². The fraction of sp³-hybridized carbons (Fsp3) is 0.103. The summed E-state index contributed by atoms with van der Waals surface area (Å²) in [5, 5.41) is 28.8. The summed E-state index contributed by atoms with van der Waals surface area (Å²) in [4.78, 5) is 33.6. The van der Waals surface area contributed by atoms with Crippen molar-refractivity contribution < 1.29 is 19.8 Å². The van der Waals surface area contributed by atoms with E-state index in [9.17, 15) is 19.8 Å². The van der Waals surface area contributed by atoms with Crippen LogP contribution in [0.25, 0.3) is 0 Å². The Hall–Kier alpha value is -5.16. The lowest BCUT2D eigenvalue weighted by Gasteiger charge is -2.24. The van der Waals surface area contributed by atoms with Crippen LogP contribution in [0.15, 0.2) is 91.3 Å². The van der Waals surface area contributed by atoms with E-state index in [0.717, 1.165) is 17.2 Å². The smallest absolute Gasteiger partial charge is 0.262 e. The molecular weight excluding hydrogens is 468 g/mol. The minimum absolute atomic E-state index is 0.0315. The number of nitrogens with zero attached hydrogens (tertiary/aromatic N) is 4. The third-order valence-electron chi connectivity index (χ3n) is 5.80. The lowest BCUT2D eigenvalue weighted by molar-refractivity contribution is 0.0785. The number of rotatable bonds is 7. The predicted octanol–water partition coefficient (Wildman–Crippen LogP) is 4.48. The van der Waals surface area contributed by atoms with Crippen LogP contribution in [-0.2, 0) is 13.1 Å².